The Kier molecular flexibility index (Phi) is 10.4. The fraction of sp³-hybridized carbons (Fsp3) is 0.325. The molecule has 302 valence electrons. The first kappa shape index (κ1) is 39.7. The van der Waals surface area contributed by atoms with E-state index in [1.54, 1.807) is 48.7 Å². The number of likely N-dealkylation sites (tertiary alicyclic amines) is 1. The molecule has 3 aromatic heterocycles. The standard InChI is InChI=1S/C40H38Cl2N6O8S2/c1-5-22-16-40(22,38(51)47-58(52,53)26-8-9-26)46-35(49)30-15-25(55-36-28-14-24(42)6-10-27(28)33(54-4)17-43-36)18-48(30)37(50)34(20(2)3)45-39-44-29(19-57-39)32-13-21-12-23(41)7-11-31(21)56-32/h5-7,10-14,17,19,22,25-26,30,34H,1-2,8-9,15-16,18H2,3-4H3,(H,44,45)(H,46,49)(H,47,51)/t22-,25-,30+,34+,40-/m1/s1. The summed E-state index contributed by atoms with van der Waals surface area (Å²) in [6.07, 6.45) is 3.31. The van der Waals surface area contributed by atoms with Crippen molar-refractivity contribution in [2.75, 3.05) is 19.0 Å². The van der Waals surface area contributed by atoms with E-state index in [2.05, 4.69) is 38.5 Å². The monoisotopic (exact) mass is 864 g/mol. The fourth-order valence-electron chi connectivity index (χ4n) is 7.25. The van der Waals surface area contributed by atoms with E-state index < -0.39 is 62.6 Å². The Hall–Kier alpha value is -5.16. The van der Waals surface area contributed by atoms with Crippen LogP contribution in [0, 0.1) is 5.92 Å². The molecule has 1 saturated heterocycles. The van der Waals surface area contributed by atoms with E-state index in [-0.39, 0.29) is 25.3 Å². The maximum absolute atomic E-state index is 14.7. The molecule has 2 aromatic carbocycles. The van der Waals surface area contributed by atoms with Gasteiger partial charge in [0.25, 0.3) is 5.91 Å². The number of aromatic nitrogens is 2. The minimum Gasteiger partial charge on any atom is -0.494 e. The molecule has 5 aromatic rings. The van der Waals surface area contributed by atoms with E-state index >= 15 is 0 Å². The summed E-state index contributed by atoms with van der Waals surface area (Å²) in [4.78, 5) is 53.1. The van der Waals surface area contributed by atoms with Crippen molar-refractivity contribution in [3.8, 4) is 23.1 Å². The van der Waals surface area contributed by atoms with Crippen LogP contribution in [-0.4, -0.2) is 83.6 Å². The maximum Gasteiger partial charge on any atom is 0.259 e. The lowest BCUT2D eigenvalue weighted by Crippen LogP contribution is -2.57. The van der Waals surface area contributed by atoms with Gasteiger partial charge in [0.15, 0.2) is 10.9 Å². The van der Waals surface area contributed by atoms with Gasteiger partial charge in [-0.1, -0.05) is 35.9 Å². The van der Waals surface area contributed by atoms with E-state index in [1.807, 2.05) is 6.07 Å². The van der Waals surface area contributed by atoms with Crippen molar-refractivity contribution in [3.63, 3.8) is 0 Å². The second kappa shape index (κ2) is 15.2. The highest BCUT2D eigenvalue weighted by Gasteiger charge is 2.62. The number of amides is 3. The number of carbonyl (C=O) groups is 3. The normalized spacial score (nSPS) is 22.0. The van der Waals surface area contributed by atoms with Crippen molar-refractivity contribution < 1.29 is 36.7 Å². The molecular formula is C40H38Cl2N6O8S2. The Morgan fingerprint density at radius 1 is 1.12 bits per heavy atom. The zero-order valence-corrected chi connectivity index (χ0v) is 34.4. The van der Waals surface area contributed by atoms with Gasteiger partial charge in [-0.25, -0.2) is 18.4 Å². The van der Waals surface area contributed by atoms with Crippen LogP contribution in [-0.2, 0) is 24.4 Å². The van der Waals surface area contributed by atoms with Gasteiger partial charge in [-0.2, -0.15) is 0 Å². The van der Waals surface area contributed by atoms with E-state index in [1.165, 1.54) is 35.6 Å². The minimum atomic E-state index is -3.91. The molecule has 3 N–H and O–H groups in total. The second-order valence-electron chi connectivity index (χ2n) is 14.7. The van der Waals surface area contributed by atoms with Crippen molar-refractivity contribution in [2.45, 2.75) is 61.6 Å². The minimum absolute atomic E-state index is 0.00451. The third kappa shape index (κ3) is 7.61. The van der Waals surface area contributed by atoms with Crippen molar-refractivity contribution >= 4 is 89.2 Å². The molecule has 3 fully saturated rings. The second-order valence-corrected chi connectivity index (χ2v) is 18.4. The van der Waals surface area contributed by atoms with E-state index in [4.69, 9.17) is 37.1 Å². The zero-order chi connectivity index (χ0) is 41.1. The number of pyridine rings is 1. The molecule has 8 rings (SSSR count). The van der Waals surface area contributed by atoms with Gasteiger partial charge in [-0.3, -0.25) is 19.1 Å². The van der Waals surface area contributed by atoms with Gasteiger partial charge < -0.3 is 29.4 Å². The lowest BCUT2D eigenvalue weighted by molar-refractivity contribution is -0.139. The number of hydrogen-bond acceptors (Lipinski definition) is 12. The van der Waals surface area contributed by atoms with Crippen LogP contribution in [0.1, 0.15) is 32.6 Å². The number of thiazole rings is 1. The van der Waals surface area contributed by atoms with Crippen LogP contribution in [0.3, 0.4) is 0 Å². The quantitative estimate of drug-likeness (QED) is 0.104. The van der Waals surface area contributed by atoms with Crippen LogP contribution in [0.25, 0.3) is 33.2 Å². The smallest absolute Gasteiger partial charge is 0.259 e. The summed E-state index contributed by atoms with van der Waals surface area (Å²) in [5.74, 6) is -1.33. The summed E-state index contributed by atoms with van der Waals surface area (Å²) < 4.78 is 45.6. The number of nitrogens with zero attached hydrogens (tertiary/aromatic N) is 3. The van der Waals surface area contributed by atoms with Gasteiger partial charge in [-0.05, 0) is 74.2 Å². The maximum atomic E-state index is 14.7. The first-order chi connectivity index (χ1) is 27.7. The summed E-state index contributed by atoms with van der Waals surface area (Å²) >= 11 is 13.8. The number of nitrogens with one attached hydrogen (secondary N) is 3. The molecule has 2 aliphatic carbocycles. The van der Waals surface area contributed by atoms with Crippen LogP contribution in [0.4, 0.5) is 5.13 Å². The third-order valence-electron chi connectivity index (χ3n) is 10.6. The molecule has 18 heteroatoms. The molecule has 2 saturated carbocycles. The Morgan fingerprint density at radius 2 is 1.88 bits per heavy atom. The Morgan fingerprint density at radius 3 is 2.59 bits per heavy atom. The molecule has 3 aliphatic rings. The fourth-order valence-corrected chi connectivity index (χ4v) is 9.70. The predicted octanol–water partition coefficient (Wildman–Crippen LogP) is 6.49. The first-order valence-corrected chi connectivity index (χ1v) is 21.5. The number of sulfonamides is 1. The molecular weight excluding hydrogens is 828 g/mol. The van der Waals surface area contributed by atoms with E-state index in [9.17, 15) is 22.8 Å². The summed E-state index contributed by atoms with van der Waals surface area (Å²) in [6.45, 7) is 9.49. The molecule has 0 unspecified atom stereocenters. The van der Waals surface area contributed by atoms with Crippen LogP contribution >= 0.6 is 34.5 Å². The van der Waals surface area contributed by atoms with Gasteiger partial charge in [0.1, 0.15) is 40.8 Å². The predicted molar refractivity (Wildman–Crippen MR) is 222 cm³/mol. The highest BCUT2D eigenvalue weighted by molar-refractivity contribution is 7.91. The number of rotatable bonds is 14. The average molecular weight is 866 g/mol. The molecule has 1 aliphatic heterocycles. The molecule has 5 atom stereocenters. The molecule has 0 bridgehead atoms. The Balaban J connectivity index is 1.08. The largest absolute Gasteiger partial charge is 0.494 e. The van der Waals surface area contributed by atoms with Gasteiger partial charge in [0, 0.05) is 43.9 Å². The van der Waals surface area contributed by atoms with Crippen LogP contribution in [0.15, 0.2) is 83.3 Å². The highest BCUT2D eigenvalue weighted by atomic mass is 35.5. The molecule has 14 nitrogen and oxygen atoms in total. The Bertz CT molecular complexity index is 2630. The van der Waals surface area contributed by atoms with E-state index in [0.29, 0.717) is 67.2 Å². The summed E-state index contributed by atoms with van der Waals surface area (Å²) in [5.41, 5.74) is 0.0514. The molecule has 4 heterocycles. The number of halogens is 2. The number of hydrogen-bond donors (Lipinski definition) is 3. The summed E-state index contributed by atoms with van der Waals surface area (Å²) in [7, 11) is -2.39. The molecule has 3 amide bonds. The number of benzene rings is 2. The number of anilines is 1. The average Bonchev–Trinajstić information content (AvgIpc) is 4.01. The molecule has 0 radical (unpaired) electrons. The lowest BCUT2D eigenvalue weighted by atomic mass is 10.1. The van der Waals surface area contributed by atoms with Gasteiger partial charge in [0.05, 0.1) is 25.1 Å². The zero-order valence-electron chi connectivity index (χ0n) is 31.3. The first-order valence-electron chi connectivity index (χ1n) is 18.4. The van der Waals surface area contributed by atoms with Crippen molar-refractivity contribution in [1.82, 2.24) is 24.9 Å². The van der Waals surface area contributed by atoms with Crippen LogP contribution in [0.2, 0.25) is 10.0 Å². The summed E-state index contributed by atoms with van der Waals surface area (Å²) in [5, 5.41) is 10.6. The highest BCUT2D eigenvalue weighted by Crippen LogP contribution is 2.46. The van der Waals surface area contributed by atoms with Crippen LogP contribution < -0.4 is 24.8 Å². The number of methoxy groups -OCH3 is 1. The van der Waals surface area contributed by atoms with Gasteiger partial charge in [-0.15, -0.1) is 17.9 Å². The number of fused-ring (bicyclic) bond motifs is 2. The number of ether oxygens (including phenoxy) is 2. The molecule has 58 heavy (non-hydrogen) atoms. The van der Waals surface area contributed by atoms with Crippen molar-refractivity contribution in [2.24, 2.45) is 5.92 Å². The van der Waals surface area contributed by atoms with Gasteiger partial charge >= 0.3 is 0 Å². The van der Waals surface area contributed by atoms with Gasteiger partial charge in [0.2, 0.25) is 27.7 Å². The topological polar surface area (TPSA) is 182 Å². The number of carbonyl (C=O) groups excluding carboxylic acids is 3. The Labute approximate surface area is 347 Å². The number of furan rings is 1. The SMILES string of the molecule is C=C[C@@H]1C[C@]1(NC(=O)[C@@H]1C[C@@H](Oc2ncc(OC)c3ccc(Cl)cc23)CN1C(=O)[C@@H](Nc1nc(-c2cc3cc(Cl)ccc3o2)cs1)C(=C)C)C(=O)NS(=O)(=O)C1CC1. The van der Waals surface area contributed by atoms with Crippen molar-refractivity contribution in [3.05, 3.63) is 88.9 Å². The molecule has 0 spiro atoms. The van der Waals surface area contributed by atoms with Crippen molar-refractivity contribution in [1.29, 1.82) is 0 Å². The summed E-state index contributed by atoms with van der Waals surface area (Å²) in [6, 6.07) is 10.1. The van der Waals surface area contributed by atoms with Crippen LogP contribution in [0.5, 0.6) is 11.6 Å². The van der Waals surface area contributed by atoms with E-state index in [0.717, 1.165) is 5.39 Å². The lowest BCUT2D eigenvalue weighted by Gasteiger charge is -2.30. The third-order valence-corrected chi connectivity index (χ3v) is 13.7.